The summed E-state index contributed by atoms with van der Waals surface area (Å²) >= 11 is 9.29. The van der Waals surface area contributed by atoms with E-state index in [1.54, 1.807) is 18.2 Å². The molecule has 0 spiro atoms. The van der Waals surface area contributed by atoms with Crippen LogP contribution in [-0.2, 0) is 0 Å². The van der Waals surface area contributed by atoms with Crippen LogP contribution < -0.4 is 5.32 Å². The van der Waals surface area contributed by atoms with Gasteiger partial charge in [-0.25, -0.2) is 0 Å². The first kappa shape index (κ1) is 15.1. The Balaban J connectivity index is 2.31. The number of carbonyl (C=O) groups is 1. The maximum atomic E-state index is 12.4. The lowest BCUT2D eigenvalue weighted by molar-refractivity contribution is 0.102. The van der Waals surface area contributed by atoms with Crippen molar-refractivity contribution in [2.75, 3.05) is 5.32 Å². The summed E-state index contributed by atoms with van der Waals surface area (Å²) in [7, 11) is 0. The summed E-state index contributed by atoms with van der Waals surface area (Å²) in [6, 6.07) is 9.35. The zero-order valence-corrected chi connectivity index (χ0v) is 13.9. The van der Waals surface area contributed by atoms with Gasteiger partial charge in [0.05, 0.1) is 5.02 Å². The van der Waals surface area contributed by atoms with Crippen LogP contribution in [0.15, 0.2) is 34.8 Å². The Bertz CT molecular complexity index is 659. The first-order valence-corrected chi connectivity index (χ1v) is 7.40. The summed E-state index contributed by atoms with van der Waals surface area (Å²) in [6.45, 7) is 5.93. The maximum absolute atomic E-state index is 12.4. The molecule has 0 bridgehead atoms. The van der Waals surface area contributed by atoms with Crippen molar-refractivity contribution in [1.29, 1.82) is 0 Å². The zero-order valence-electron chi connectivity index (χ0n) is 11.6. The Morgan fingerprint density at radius 1 is 1.10 bits per heavy atom. The highest BCUT2D eigenvalue weighted by molar-refractivity contribution is 9.10. The fourth-order valence-corrected chi connectivity index (χ4v) is 2.80. The standard InChI is InChI=1S/C16H15BrClNO/c1-9-6-10(2)15(11(3)7-9)16(20)19-12-4-5-14(18)13(17)8-12/h4-8H,1-3H3,(H,19,20). The average Bonchev–Trinajstić information content (AvgIpc) is 2.32. The van der Waals surface area contributed by atoms with Crippen LogP contribution in [0.3, 0.4) is 0 Å². The molecule has 0 aliphatic rings. The largest absolute Gasteiger partial charge is 0.322 e. The van der Waals surface area contributed by atoms with Crippen LogP contribution in [0.25, 0.3) is 0 Å². The van der Waals surface area contributed by atoms with E-state index in [9.17, 15) is 4.79 Å². The van der Waals surface area contributed by atoms with Crippen LogP contribution in [0.1, 0.15) is 27.0 Å². The summed E-state index contributed by atoms with van der Waals surface area (Å²) < 4.78 is 0.759. The molecule has 1 amide bonds. The fourth-order valence-electron chi connectivity index (χ4n) is 2.31. The SMILES string of the molecule is Cc1cc(C)c(C(=O)Nc2ccc(Cl)c(Br)c2)c(C)c1. The molecular weight excluding hydrogens is 338 g/mol. The van der Waals surface area contributed by atoms with Gasteiger partial charge in [-0.1, -0.05) is 29.3 Å². The normalized spacial score (nSPS) is 10.4. The predicted molar refractivity (Wildman–Crippen MR) is 87.8 cm³/mol. The number of rotatable bonds is 2. The molecule has 0 heterocycles. The molecule has 2 aromatic rings. The maximum Gasteiger partial charge on any atom is 0.256 e. The van der Waals surface area contributed by atoms with Crippen LogP contribution in [0, 0.1) is 20.8 Å². The van der Waals surface area contributed by atoms with E-state index in [2.05, 4.69) is 21.2 Å². The van der Waals surface area contributed by atoms with Crippen molar-refractivity contribution in [2.45, 2.75) is 20.8 Å². The highest BCUT2D eigenvalue weighted by atomic mass is 79.9. The van der Waals surface area contributed by atoms with Gasteiger partial charge in [0.15, 0.2) is 0 Å². The number of benzene rings is 2. The first-order valence-electron chi connectivity index (χ1n) is 6.22. The molecule has 0 aliphatic carbocycles. The molecular formula is C16H15BrClNO. The van der Waals surface area contributed by atoms with Gasteiger partial charge >= 0.3 is 0 Å². The highest BCUT2D eigenvalue weighted by Crippen LogP contribution is 2.26. The van der Waals surface area contributed by atoms with E-state index in [-0.39, 0.29) is 5.91 Å². The van der Waals surface area contributed by atoms with E-state index >= 15 is 0 Å². The predicted octanol–water partition coefficient (Wildman–Crippen LogP) is 5.28. The molecule has 4 heteroatoms. The lowest BCUT2D eigenvalue weighted by Crippen LogP contribution is -2.15. The van der Waals surface area contributed by atoms with Gasteiger partial charge in [0.2, 0.25) is 0 Å². The summed E-state index contributed by atoms with van der Waals surface area (Å²) in [6.07, 6.45) is 0. The minimum Gasteiger partial charge on any atom is -0.322 e. The van der Waals surface area contributed by atoms with Crippen molar-refractivity contribution < 1.29 is 4.79 Å². The zero-order chi connectivity index (χ0) is 14.9. The summed E-state index contributed by atoms with van der Waals surface area (Å²) in [4.78, 5) is 12.4. The molecule has 0 aromatic heterocycles. The Labute approximate surface area is 132 Å². The highest BCUT2D eigenvalue weighted by Gasteiger charge is 2.13. The molecule has 2 aromatic carbocycles. The second kappa shape index (κ2) is 5.98. The van der Waals surface area contributed by atoms with Gasteiger partial charge in [-0.3, -0.25) is 4.79 Å². The lowest BCUT2D eigenvalue weighted by atomic mass is 9.99. The number of hydrogen-bond acceptors (Lipinski definition) is 1. The van der Waals surface area contributed by atoms with E-state index < -0.39 is 0 Å². The average molecular weight is 353 g/mol. The molecule has 0 fully saturated rings. The van der Waals surface area contributed by atoms with Gasteiger partial charge in [-0.2, -0.15) is 0 Å². The van der Waals surface area contributed by atoms with Crippen LogP contribution >= 0.6 is 27.5 Å². The Hall–Kier alpha value is -1.32. The van der Waals surface area contributed by atoms with E-state index in [0.717, 1.165) is 26.7 Å². The molecule has 20 heavy (non-hydrogen) atoms. The third-order valence-electron chi connectivity index (χ3n) is 3.08. The van der Waals surface area contributed by atoms with Crippen LogP contribution in [0.2, 0.25) is 5.02 Å². The summed E-state index contributed by atoms with van der Waals surface area (Å²) in [5.41, 5.74) is 4.55. The third-order valence-corrected chi connectivity index (χ3v) is 4.30. The molecule has 104 valence electrons. The van der Waals surface area contributed by atoms with Gasteiger partial charge in [0.25, 0.3) is 5.91 Å². The fraction of sp³-hybridized carbons (Fsp3) is 0.188. The first-order chi connectivity index (χ1) is 9.38. The van der Waals surface area contributed by atoms with Gasteiger partial charge in [-0.15, -0.1) is 0 Å². The van der Waals surface area contributed by atoms with E-state index in [1.807, 2.05) is 32.9 Å². The molecule has 1 N–H and O–H groups in total. The number of nitrogens with one attached hydrogen (secondary N) is 1. The molecule has 2 rings (SSSR count). The summed E-state index contributed by atoms with van der Waals surface area (Å²) in [5, 5.41) is 3.52. The van der Waals surface area contributed by atoms with Gasteiger partial charge in [-0.05, 0) is 66.0 Å². The van der Waals surface area contributed by atoms with Crippen LogP contribution in [0.5, 0.6) is 0 Å². The Kier molecular flexibility index (Phi) is 4.51. The molecule has 0 atom stereocenters. The second-order valence-electron chi connectivity index (χ2n) is 4.86. The van der Waals surface area contributed by atoms with Crippen LogP contribution in [0.4, 0.5) is 5.69 Å². The van der Waals surface area contributed by atoms with Crippen molar-refractivity contribution in [3.05, 3.63) is 62.1 Å². The minimum atomic E-state index is -0.103. The van der Waals surface area contributed by atoms with E-state index in [4.69, 9.17) is 11.6 Å². The van der Waals surface area contributed by atoms with Gasteiger partial charge in [0, 0.05) is 15.7 Å². The molecule has 0 unspecified atom stereocenters. The lowest BCUT2D eigenvalue weighted by Gasteiger charge is -2.12. The third kappa shape index (κ3) is 3.22. The molecule has 0 aliphatic heterocycles. The monoisotopic (exact) mass is 351 g/mol. The van der Waals surface area contributed by atoms with Crippen molar-refractivity contribution in [3.63, 3.8) is 0 Å². The van der Waals surface area contributed by atoms with E-state index in [1.165, 1.54) is 0 Å². The quantitative estimate of drug-likeness (QED) is 0.782. The summed E-state index contributed by atoms with van der Waals surface area (Å²) in [5.74, 6) is -0.103. The topological polar surface area (TPSA) is 29.1 Å². The van der Waals surface area contributed by atoms with Crippen molar-refractivity contribution in [1.82, 2.24) is 0 Å². The number of aryl methyl sites for hydroxylation is 3. The van der Waals surface area contributed by atoms with Crippen molar-refractivity contribution >= 4 is 39.1 Å². The molecule has 0 radical (unpaired) electrons. The number of amides is 1. The van der Waals surface area contributed by atoms with Crippen molar-refractivity contribution in [3.8, 4) is 0 Å². The van der Waals surface area contributed by atoms with Crippen LogP contribution in [-0.4, -0.2) is 5.91 Å². The number of anilines is 1. The molecule has 2 nitrogen and oxygen atoms in total. The van der Waals surface area contributed by atoms with Gasteiger partial charge < -0.3 is 5.32 Å². The van der Waals surface area contributed by atoms with Gasteiger partial charge in [0.1, 0.15) is 0 Å². The smallest absolute Gasteiger partial charge is 0.256 e. The molecule has 0 saturated heterocycles. The Morgan fingerprint density at radius 3 is 2.25 bits per heavy atom. The Morgan fingerprint density at radius 2 is 1.70 bits per heavy atom. The second-order valence-corrected chi connectivity index (χ2v) is 6.12. The number of halogens is 2. The number of carbonyl (C=O) groups excluding carboxylic acids is 1. The van der Waals surface area contributed by atoms with E-state index in [0.29, 0.717) is 10.7 Å². The number of hydrogen-bond donors (Lipinski definition) is 1. The van der Waals surface area contributed by atoms with Crippen molar-refractivity contribution in [2.24, 2.45) is 0 Å². The minimum absolute atomic E-state index is 0.103. The molecule has 0 saturated carbocycles.